The molecule has 5 heteroatoms. The van der Waals surface area contributed by atoms with Gasteiger partial charge in [-0.15, -0.1) is 0 Å². The van der Waals surface area contributed by atoms with Crippen LogP contribution in [0.25, 0.3) is 0 Å². The zero-order valence-corrected chi connectivity index (χ0v) is 12.8. The monoisotopic (exact) mass is 290 g/mol. The molecule has 1 aromatic carbocycles. The molecule has 1 unspecified atom stereocenters. The SMILES string of the molecule is CC(C)(C)OC(=O)N1CCC(=O)NCC1c1ccccc1. The van der Waals surface area contributed by atoms with Crippen LogP contribution in [0.15, 0.2) is 30.3 Å². The number of carbonyl (C=O) groups is 2. The van der Waals surface area contributed by atoms with Gasteiger partial charge in [0.25, 0.3) is 0 Å². The summed E-state index contributed by atoms with van der Waals surface area (Å²) < 4.78 is 5.47. The van der Waals surface area contributed by atoms with Crippen LogP contribution >= 0.6 is 0 Å². The largest absolute Gasteiger partial charge is 0.444 e. The Kier molecular flexibility index (Phi) is 4.50. The number of nitrogens with zero attached hydrogens (tertiary/aromatic N) is 1. The lowest BCUT2D eigenvalue weighted by atomic mass is 10.1. The van der Waals surface area contributed by atoms with Gasteiger partial charge in [0, 0.05) is 19.5 Å². The first-order chi connectivity index (χ1) is 9.87. The third-order valence-electron chi connectivity index (χ3n) is 3.26. The molecule has 1 heterocycles. The number of nitrogens with one attached hydrogen (secondary N) is 1. The second kappa shape index (κ2) is 6.16. The molecule has 0 saturated carbocycles. The van der Waals surface area contributed by atoms with E-state index >= 15 is 0 Å². The third kappa shape index (κ3) is 4.21. The Morgan fingerprint density at radius 2 is 1.95 bits per heavy atom. The summed E-state index contributed by atoms with van der Waals surface area (Å²) in [5, 5.41) is 2.85. The van der Waals surface area contributed by atoms with Gasteiger partial charge < -0.3 is 10.1 Å². The Balaban J connectivity index is 2.24. The molecule has 2 rings (SSSR count). The van der Waals surface area contributed by atoms with E-state index in [1.165, 1.54) is 0 Å². The lowest BCUT2D eigenvalue weighted by molar-refractivity contribution is -0.120. The van der Waals surface area contributed by atoms with Gasteiger partial charge in [-0.25, -0.2) is 4.79 Å². The van der Waals surface area contributed by atoms with Crippen LogP contribution in [0.2, 0.25) is 0 Å². The standard InChI is InChI=1S/C16H22N2O3/c1-16(2,3)21-15(20)18-10-9-14(19)17-11-13(18)12-7-5-4-6-8-12/h4-8,13H,9-11H2,1-3H3,(H,17,19). The Hall–Kier alpha value is -2.04. The minimum Gasteiger partial charge on any atom is -0.444 e. The summed E-state index contributed by atoms with van der Waals surface area (Å²) in [4.78, 5) is 25.7. The fraction of sp³-hybridized carbons (Fsp3) is 0.500. The highest BCUT2D eigenvalue weighted by Gasteiger charge is 2.31. The van der Waals surface area contributed by atoms with E-state index in [0.29, 0.717) is 19.5 Å². The van der Waals surface area contributed by atoms with E-state index in [1.807, 2.05) is 51.1 Å². The molecule has 0 aliphatic carbocycles. The molecule has 0 spiro atoms. The molecule has 0 bridgehead atoms. The molecule has 1 atom stereocenters. The molecule has 2 amide bonds. The number of rotatable bonds is 1. The highest BCUT2D eigenvalue weighted by Crippen LogP contribution is 2.24. The van der Waals surface area contributed by atoms with E-state index in [-0.39, 0.29) is 18.0 Å². The van der Waals surface area contributed by atoms with Crippen molar-refractivity contribution < 1.29 is 14.3 Å². The van der Waals surface area contributed by atoms with Gasteiger partial charge in [0.2, 0.25) is 5.91 Å². The van der Waals surface area contributed by atoms with Gasteiger partial charge in [-0.2, -0.15) is 0 Å². The number of hydrogen-bond acceptors (Lipinski definition) is 3. The van der Waals surface area contributed by atoms with Crippen LogP contribution in [-0.2, 0) is 9.53 Å². The lowest BCUT2D eigenvalue weighted by Crippen LogP contribution is -2.41. The number of benzene rings is 1. The van der Waals surface area contributed by atoms with Gasteiger partial charge >= 0.3 is 6.09 Å². The zero-order valence-electron chi connectivity index (χ0n) is 12.8. The molecule has 1 aromatic rings. The van der Waals surface area contributed by atoms with E-state index in [2.05, 4.69) is 5.32 Å². The van der Waals surface area contributed by atoms with Crippen molar-refractivity contribution in [2.45, 2.75) is 38.8 Å². The molecule has 1 N–H and O–H groups in total. The van der Waals surface area contributed by atoms with Gasteiger partial charge in [-0.05, 0) is 26.3 Å². The third-order valence-corrected chi connectivity index (χ3v) is 3.26. The van der Waals surface area contributed by atoms with Crippen molar-refractivity contribution in [3.05, 3.63) is 35.9 Å². The zero-order chi connectivity index (χ0) is 15.5. The van der Waals surface area contributed by atoms with Crippen molar-refractivity contribution in [2.24, 2.45) is 0 Å². The topological polar surface area (TPSA) is 58.6 Å². The van der Waals surface area contributed by atoms with E-state index in [0.717, 1.165) is 5.56 Å². The summed E-state index contributed by atoms with van der Waals surface area (Å²) in [6, 6.07) is 9.49. The van der Waals surface area contributed by atoms with Gasteiger partial charge in [0.1, 0.15) is 5.60 Å². The molecule has 1 aliphatic heterocycles. The van der Waals surface area contributed by atoms with Crippen LogP contribution in [0, 0.1) is 0 Å². The summed E-state index contributed by atoms with van der Waals surface area (Å²) in [6.45, 7) is 6.28. The summed E-state index contributed by atoms with van der Waals surface area (Å²) in [6.07, 6.45) is -0.0874. The second-order valence-electron chi connectivity index (χ2n) is 6.15. The molecule has 1 saturated heterocycles. The van der Waals surface area contributed by atoms with Crippen molar-refractivity contribution >= 4 is 12.0 Å². The molecule has 0 radical (unpaired) electrons. The van der Waals surface area contributed by atoms with Crippen LogP contribution in [0.4, 0.5) is 4.79 Å². The summed E-state index contributed by atoms with van der Waals surface area (Å²) >= 11 is 0. The number of ether oxygens (including phenoxy) is 1. The highest BCUT2D eigenvalue weighted by molar-refractivity contribution is 5.78. The molecular weight excluding hydrogens is 268 g/mol. The maximum Gasteiger partial charge on any atom is 0.410 e. The molecule has 5 nitrogen and oxygen atoms in total. The quantitative estimate of drug-likeness (QED) is 0.864. The average molecular weight is 290 g/mol. The van der Waals surface area contributed by atoms with Crippen LogP contribution in [0.1, 0.15) is 38.8 Å². The first-order valence-corrected chi connectivity index (χ1v) is 7.18. The fourth-order valence-corrected chi connectivity index (χ4v) is 2.30. The first-order valence-electron chi connectivity index (χ1n) is 7.18. The summed E-state index contributed by atoms with van der Waals surface area (Å²) in [5.41, 5.74) is 0.438. The summed E-state index contributed by atoms with van der Waals surface area (Å²) in [5.74, 6) is -0.0398. The maximum atomic E-state index is 12.4. The van der Waals surface area contributed by atoms with Crippen LogP contribution < -0.4 is 5.32 Å². The minimum atomic E-state index is -0.554. The van der Waals surface area contributed by atoms with E-state index < -0.39 is 5.60 Å². The van der Waals surface area contributed by atoms with Crippen LogP contribution in [-0.4, -0.2) is 35.6 Å². The minimum absolute atomic E-state index is 0.0398. The normalized spacial score (nSPS) is 19.7. The Morgan fingerprint density at radius 3 is 2.57 bits per heavy atom. The Morgan fingerprint density at radius 1 is 1.29 bits per heavy atom. The van der Waals surface area contributed by atoms with Crippen molar-refractivity contribution in [3.63, 3.8) is 0 Å². The van der Waals surface area contributed by atoms with Gasteiger partial charge in [-0.1, -0.05) is 30.3 Å². The van der Waals surface area contributed by atoms with Crippen molar-refractivity contribution in [3.8, 4) is 0 Å². The maximum absolute atomic E-state index is 12.4. The molecule has 21 heavy (non-hydrogen) atoms. The molecule has 1 fully saturated rings. The van der Waals surface area contributed by atoms with E-state index in [9.17, 15) is 9.59 Å². The first kappa shape index (κ1) is 15.4. The predicted octanol–water partition coefficient (Wildman–Crippen LogP) is 2.48. The second-order valence-corrected chi connectivity index (χ2v) is 6.15. The van der Waals surface area contributed by atoms with Gasteiger partial charge in [0.15, 0.2) is 0 Å². The van der Waals surface area contributed by atoms with Gasteiger partial charge in [0.05, 0.1) is 6.04 Å². The average Bonchev–Trinajstić information content (AvgIpc) is 2.60. The predicted molar refractivity (Wildman–Crippen MR) is 79.7 cm³/mol. The fourth-order valence-electron chi connectivity index (χ4n) is 2.30. The molecule has 114 valence electrons. The number of hydrogen-bond donors (Lipinski definition) is 1. The number of carbonyl (C=O) groups excluding carboxylic acids is 2. The summed E-state index contributed by atoms with van der Waals surface area (Å²) in [7, 11) is 0. The van der Waals surface area contributed by atoms with E-state index in [4.69, 9.17) is 4.74 Å². The molecular formula is C16H22N2O3. The molecule has 0 aromatic heterocycles. The van der Waals surface area contributed by atoms with E-state index in [1.54, 1.807) is 4.90 Å². The lowest BCUT2D eigenvalue weighted by Gasteiger charge is -2.32. The van der Waals surface area contributed by atoms with Crippen molar-refractivity contribution in [1.82, 2.24) is 10.2 Å². The Bertz CT molecular complexity index is 508. The smallest absolute Gasteiger partial charge is 0.410 e. The molecule has 1 aliphatic rings. The van der Waals surface area contributed by atoms with Crippen LogP contribution in [0.3, 0.4) is 0 Å². The van der Waals surface area contributed by atoms with Crippen molar-refractivity contribution in [2.75, 3.05) is 13.1 Å². The Labute approximate surface area is 125 Å². The highest BCUT2D eigenvalue weighted by atomic mass is 16.6. The van der Waals surface area contributed by atoms with Crippen molar-refractivity contribution in [1.29, 1.82) is 0 Å². The van der Waals surface area contributed by atoms with Gasteiger partial charge in [-0.3, -0.25) is 9.69 Å². The number of amides is 2. The van der Waals surface area contributed by atoms with Crippen LogP contribution in [0.5, 0.6) is 0 Å².